The van der Waals surface area contributed by atoms with Crippen LogP contribution in [0.1, 0.15) is 19.4 Å². The van der Waals surface area contributed by atoms with Gasteiger partial charge in [-0.2, -0.15) is 0 Å². The van der Waals surface area contributed by atoms with Gasteiger partial charge in [0.2, 0.25) is 11.8 Å². The van der Waals surface area contributed by atoms with Gasteiger partial charge in [0.25, 0.3) is 0 Å². The first kappa shape index (κ1) is 15.7. The molecule has 0 spiro atoms. The number of rotatable bonds is 4. The summed E-state index contributed by atoms with van der Waals surface area (Å²) in [5, 5.41) is 12.6. The molecule has 1 heterocycles. The van der Waals surface area contributed by atoms with E-state index < -0.39 is 6.10 Å². The predicted octanol–water partition coefficient (Wildman–Crippen LogP) is 2.38. The summed E-state index contributed by atoms with van der Waals surface area (Å²) in [6, 6.07) is 14.1. The van der Waals surface area contributed by atoms with Crippen LogP contribution in [-0.2, 0) is 16.0 Å². The molecule has 0 radical (unpaired) electrons. The van der Waals surface area contributed by atoms with Crippen molar-refractivity contribution >= 4 is 22.6 Å². The normalized spacial score (nSPS) is 22.8. The number of fused-ring (bicyclic) bond motifs is 1. The lowest BCUT2D eigenvalue weighted by Gasteiger charge is -2.19. The lowest BCUT2D eigenvalue weighted by molar-refractivity contribution is -0.141. The van der Waals surface area contributed by atoms with Crippen molar-refractivity contribution in [2.75, 3.05) is 6.54 Å². The minimum absolute atomic E-state index is 0.0686. The minimum atomic E-state index is -0.749. The second-order valence-corrected chi connectivity index (χ2v) is 6.40. The van der Waals surface area contributed by atoms with Gasteiger partial charge >= 0.3 is 0 Å². The number of β-amino-alcohol motifs (C(OH)–C–C–N with tert-alkyl or cyclic N) is 1. The van der Waals surface area contributed by atoms with E-state index in [2.05, 4.69) is 0 Å². The second kappa shape index (κ2) is 6.13. The van der Waals surface area contributed by atoms with Crippen LogP contribution >= 0.6 is 0 Å². The van der Waals surface area contributed by atoms with Crippen LogP contribution in [0.4, 0.5) is 0 Å². The van der Waals surface area contributed by atoms with Gasteiger partial charge < -0.3 is 5.11 Å². The largest absolute Gasteiger partial charge is 0.391 e. The molecule has 2 aromatic carbocycles. The van der Waals surface area contributed by atoms with Gasteiger partial charge in [-0.15, -0.1) is 0 Å². The van der Waals surface area contributed by atoms with E-state index in [4.69, 9.17) is 0 Å². The van der Waals surface area contributed by atoms with E-state index in [1.54, 1.807) is 13.8 Å². The third-order valence-electron chi connectivity index (χ3n) is 4.74. The zero-order valence-corrected chi connectivity index (χ0v) is 13.4. The molecule has 3 rings (SSSR count). The van der Waals surface area contributed by atoms with E-state index in [0.717, 1.165) is 16.3 Å². The standard InChI is InChI=1S/C19H21NO3/c1-12-13(2)19(23)20(18(12)22)11-17(21)10-14-7-8-15-5-3-4-6-16(15)9-14/h3-9,12-13,17,21H,10-11H2,1-2H3/t12-,13-,17+/m0/s1. The van der Waals surface area contributed by atoms with Gasteiger partial charge in [-0.1, -0.05) is 56.3 Å². The van der Waals surface area contributed by atoms with Crippen molar-refractivity contribution in [3.63, 3.8) is 0 Å². The number of carbonyl (C=O) groups excluding carboxylic acids is 2. The van der Waals surface area contributed by atoms with Crippen LogP contribution in [0.5, 0.6) is 0 Å². The summed E-state index contributed by atoms with van der Waals surface area (Å²) < 4.78 is 0. The third-order valence-corrected chi connectivity index (χ3v) is 4.74. The third kappa shape index (κ3) is 2.99. The maximum atomic E-state index is 12.1. The van der Waals surface area contributed by atoms with Gasteiger partial charge in [0.15, 0.2) is 0 Å². The molecule has 4 nitrogen and oxygen atoms in total. The van der Waals surface area contributed by atoms with Crippen LogP contribution in [-0.4, -0.2) is 34.5 Å². The Morgan fingerprint density at radius 2 is 1.61 bits per heavy atom. The Bertz CT molecular complexity index is 735. The Morgan fingerprint density at radius 3 is 2.26 bits per heavy atom. The summed E-state index contributed by atoms with van der Waals surface area (Å²) in [6.07, 6.45) is -0.327. The number of likely N-dealkylation sites (tertiary alicyclic amines) is 1. The molecule has 0 saturated carbocycles. The molecule has 0 bridgehead atoms. The van der Waals surface area contributed by atoms with Crippen molar-refractivity contribution in [2.24, 2.45) is 11.8 Å². The van der Waals surface area contributed by atoms with Crippen LogP contribution in [0.15, 0.2) is 42.5 Å². The first-order valence-corrected chi connectivity index (χ1v) is 7.98. The molecule has 0 aliphatic carbocycles. The van der Waals surface area contributed by atoms with E-state index in [9.17, 15) is 14.7 Å². The second-order valence-electron chi connectivity index (χ2n) is 6.40. The van der Waals surface area contributed by atoms with Gasteiger partial charge in [-0.05, 0) is 16.3 Å². The highest BCUT2D eigenvalue weighted by Crippen LogP contribution is 2.26. The van der Waals surface area contributed by atoms with Gasteiger partial charge in [-0.3, -0.25) is 14.5 Å². The lowest BCUT2D eigenvalue weighted by Crippen LogP contribution is -2.38. The van der Waals surface area contributed by atoms with Crippen LogP contribution in [0, 0.1) is 11.8 Å². The zero-order valence-electron chi connectivity index (χ0n) is 13.4. The van der Waals surface area contributed by atoms with Crippen LogP contribution in [0.3, 0.4) is 0 Å². The number of carbonyl (C=O) groups is 2. The van der Waals surface area contributed by atoms with Crippen LogP contribution in [0.25, 0.3) is 10.8 Å². The van der Waals surface area contributed by atoms with Crippen molar-refractivity contribution in [1.82, 2.24) is 4.90 Å². The van der Waals surface area contributed by atoms with Crippen molar-refractivity contribution in [1.29, 1.82) is 0 Å². The van der Waals surface area contributed by atoms with Crippen LogP contribution < -0.4 is 0 Å². The number of hydrogen-bond donors (Lipinski definition) is 1. The Kier molecular flexibility index (Phi) is 4.18. The number of benzene rings is 2. The highest BCUT2D eigenvalue weighted by atomic mass is 16.3. The lowest BCUT2D eigenvalue weighted by atomic mass is 10.00. The Morgan fingerprint density at radius 1 is 1.00 bits per heavy atom. The molecule has 3 atom stereocenters. The quantitative estimate of drug-likeness (QED) is 0.882. The maximum Gasteiger partial charge on any atom is 0.232 e. The minimum Gasteiger partial charge on any atom is -0.391 e. The Balaban J connectivity index is 1.70. The fourth-order valence-corrected chi connectivity index (χ4v) is 3.12. The number of nitrogens with zero attached hydrogens (tertiary/aromatic N) is 1. The number of amides is 2. The van der Waals surface area contributed by atoms with E-state index in [1.807, 2.05) is 42.5 Å². The molecule has 1 fully saturated rings. The van der Waals surface area contributed by atoms with E-state index >= 15 is 0 Å². The molecule has 0 unspecified atom stereocenters. The van der Waals surface area contributed by atoms with Gasteiger partial charge in [0.1, 0.15) is 0 Å². The maximum absolute atomic E-state index is 12.1. The highest BCUT2D eigenvalue weighted by molar-refractivity contribution is 6.04. The molecular weight excluding hydrogens is 290 g/mol. The monoisotopic (exact) mass is 311 g/mol. The van der Waals surface area contributed by atoms with Crippen molar-refractivity contribution in [3.05, 3.63) is 48.0 Å². The first-order chi connectivity index (χ1) is 11.0. The van der Waals surface area contributed by atoms with E-state index in [0.29, 0.717) is 6.42 Å². The fraction of sp³-hybridized carbons (Fsp3) is 0.368. The molecule has 1 aliphatic rings. The summed E-state index contributed by atoms with van der Waals surface area (Å²) in [7, 11) is 0. The van der Waals surface area contributed by atoms with Gasteiger partial charge in [0.05, 0.1) is 12.6 Å². The predicted molar refractivity (Wildman–Crippen MR) is 88.7 cm³/mol. The summed E-state index contributed by atoms with van der Waals surface area (Å²) in [4.78, 5) is 25.4. The summed E-state index contributed by atoms with van der Waals surface area (Å²) >= 11 is 0. The summed E-state index contributed by atoms with van der Waals surface area (Å²) in [5.74, 6) is -0.953. The topological polar surface area (TPSA) is 57.6 Å². The Hall–Kier alpha value is -2.20. The molecule has 0 aromatic heterocycles. The summed E-state index contributed by atoms with van der Waals surface area (Å²) in [5.41, 5.74) is 0.997. The average molecular weight is 311 g/mol. The molecule has 1 aliphatic heterocycles. The van der Waals surface area contributed by atoms with Gasteiger partial charge in [0, 0.05) is 18.3 Å². The number of aliphatic hydroxyl groups excluding tert-OH is 1. The number of imide groups is 1. The zero-order chi connectivity index (χ0) is 16.6. The number of aliphatic hydroxyl groups is 1. The smallest absolute Gasteiger partial charge is 0.232 e. The molecule has 1 N–H and O–H groups in total. The average Bonchev–Trinajstić information content (AvgIpc) is 2.72. The molecule has 120 valence electrons. The SMILES string of the molecule is C[C@@H]1C(=O)N(C[C@H](O)Cc2ccc3ccccc3c2)C(=O)[C@H]1C. The fourth-order valence-electron chi connectivity index (χ4n) is 3.12. The van der Waals surface area contributed by atoms with Crippen LogP contribution in [0.2, 0.25) is 0 Å². The molecule has 2 aromatic rings. The molecule has 23 heavy (non-hydrogen) atoms. The molecule has 4 heteroatoms. The van der Waals surface area contributed by atoms with E-state index in [1.165, 1.54) is 4.90 Å². The van der Waals surface area contributed by atoms with E-state index in [-0.39, 0.29) is 30.2 Å². The molecule has 1 saturated heterocycles. The molecular formula is C19H21NO3. The first-order valence-electron chi connectivity index (χ1n) is 7.98. The van der Waals surface area contributed by atoms with Crippen molar-refractivity contribution in [2.45, 2.75) is 26.4 Å². The Labute approximate surface area is 135 Å². The molecule has 2 amide bonds. The summed E-state index contributed by atoms with van der Waals surface area (Å²) in [6.45, 7) is 3.60. The van der Waals surface area contributed by atoms with Gasteiger partial charge in [-0.25, -0.2) is 0 Å². The van der Waals surface area contributed by atoms with Crippen molar-refractivity contribution < 1.29 is 14.7 Å². The highest BCUT2D eigenvalue weighted by Gasteiger charge is 2.42. The number of hydrogen-bond acceptors (Lipinski definition) is 3. The van der Waals surface area contributed by atoms with Crippen molar-refractivity contribution in [3.8, 4) is 0 Å².